The second-order valence-electron chi connectivity index (χ2n) is 3.96. The zero-order valence-corrected chi connectivity index (χ0v) is 15.6. The Hall–Kier alpha value is -0.680. The highest BCUT2D eigenvalue weighted by Crippen LogP contribution is 2.07. The molecule has 0 bridgehead atoms. The molecule has 0 nitrogen and oxygen atoms in total. The Morgan fingerprint density at radius 2 is 0.920 bits per heavy atom. The molecule has 2 aromatic carbocycles. The second-order valence-corrected chi connectivity index (χ2v) is 7.87. The molecule has 0 saturated carbocycles. The van der Waals surface area contributed by atoms with E-state index in [2.05, 4.69) is 12.1 Å². The van der Waals surface area contributed by atoms with E-state index in [1.807, 2.05) is 36.4 Å². The van der Waals surface area contributed by atoms with Crippen LogP contribution in [0.5, 0.6) is 0 Å². The molecule has 2 rings (SSSR count). The zero-order valence-electron chi connectivity index (χ0n) is 12.9. The first-order valence-electron chi connectivity index (χ1n) is 6.14. The predicted molar refractivity (Wildman–Crippen MR) is 81.8 cm³/mol. The van der Waals surface area contributed by atoms with E-state index in [9.17, 15) is 34.5 Å². The summed E-state index contributed by atoms with van der Waals surface area (Å²) in [6.07, 6.45) is 0. The average Bonchev–Trinajstić information content (AvgIpc) is 2.34. The van der Waals surface area contributed by atoms with Crippen LogP contribution in [0, 0.1) is 7.14 Å². The van der Waals surface area contributed by atoms with Crippen molar-refractivity contribution in [2.75, 3.05) is 0 Å². The van der Waals surface area contributed by atoms with Gasteiger partial charge in [0.05, 0.1) is 0 Å². The first kappa shape index (κ1) is 24.3. The molecule has 0 aliphatic rings. The van der Waals surface area contributed by atoms with Gasteiger partial charge in [-0.1, -0.05) is 35.3 Å². The molecule has 140 valence electrons. The molecule has 0 unspecified atom stereocenters. The smallest absolute Gasteiger partial charge is 0.418 e. The Morgan fingerprint density at radius 1 is 0.640 bits per heavy atom. The van der Waals surface area contributed by atoms with E-state index in [1.165, 1.54) is 7.14 Å². The molecule has 0 aromatic heterocycles. The Kier molecular flexibility index (Phi) is 10.8. The highest BCUT2D eigenvalue weighted by molar-refractivity contribution is 6.50. The molecule has 25 heavy (non-hydrogen) atoms. The predicted octanol–water partition coefficient (Wildman–Crippen LogP) is 3.83. The van der Waals surface area contributed by atoms with Gasteiger partial charge in [0, 0.05) is 22.2 Å². The largest absolute Gasteiger partial charge is 1.00 e. The molecule has 0 saturated heterocycles. The van der Waals surface area contributed by atoms with Gasteiger partial charge in [0.15, 0.2) is 7.14 Å². The van der Waals surface area contributed by atoms with Crippen LogP contribution in [0.1, 0.15) is 1.43 Å². The van der Waals surface area contributed by atoms with Gasteiger partial charge in [-0.15, -0.1) is 0 Å². The summed E-state index contributed by atoms with van der Waals surface area (Å²) in [5, 5.41) is 1.60. The maximum atomic E-state index is 9.75. The first-order chi connectivity index (χ1) is 11.2. The molecule has 0 spiro atoms. The van der Waals surface area contributed by atoms with Gasteiger partial charge < -0.3 is 34.5 Å². The van der Waals surface area contributed by atoms with E-state index in [4.69, 9.17) is 23.2 Å². The molecule has 2 aromatic rings. The van der Waals surface area contributed by atoms with E-state index in [-0.39, 0.29) is 22.6 Å². The lowest BCUT2D eigenvalue weighted by Gasteiger charge is -1.94. The molecular weight excluding hydrogens is 516 g/mol. The van der Waals surface area contributed by atoms with Crippen molar-refractivity contribution in [3.8, 4) is 0 Å². The van der Waals surface area contributed by atoms with Crippen LogP contribution in [-0.4, -0.2) is 14.5 Å². The van der Waals surface area contributed by atoms with Gasteiger partial charge in [0.1, 0.15) is 0 Å². The third-order valence-corrected chi connectivity index (χ3v) is 4.85. The number of hydrogen-bond donors (Lipinski definition) is 0. The minimum Gasteiger partial charge on any atom is -0.418 e. The van der Waals surface area contributed by atoms with E-state index >= 15 is 0 Å². The number of benzene rings is 2. The molecular formula is C12H9B2Cl2F8I. The molecule has 0 aliphatic heterocycles. The summed E-state index contributed by atoms with van der Waals surface area (Å²) in [7, 11) is -12.0. The first-order valence-corrected chi connectivity index (χ1v) is 9.06. The Balaban J connectivity index is 0. The lowest BCUT2D eigenvalue weighted by Crippen LogP contribution is -3.61. The normalized spacial score (nSPS) is 11.0. The maximum absolute atomic E-state index is 9.75. The van der Waals surface area contributed by atoms with Gasteiger partial charge in [0.25, 0.3) is 0 Å². The molecule has 13 heteroatoms. The number of hydrogen-bond acceptors (Lipinski definition) is 0. The molecule has 0 radical (unpaired) electrons. The minimum atomic E-state index is -6.00. The summed E-state index contributed by atoms with van der Waals surface area (Å²) in [6, 6.07) is 16.0. The summed E-state index contributed by atoms with van der Waals surface area (Å²) in [6.45, 7) is 0. The SMILES string of the molecule is Clc1cccc([I+]c2cccc(Cl)c2)c1.F[B-](F)(F)F.F[B-](F)(F)F.[H+]. The van der Waals surface area contributed by atoms with Gasteiger partial charge in [0.2, 0.25) is 0 Å². The van der Waals surface area contributed by atoms with Crippen molar-refractivity contribution in [1.82, 2.24) is 0 Å². The molecule has 0 amide bonds. The summed E-state index contributed by atoms with van der Waals surface area (Å²) in [5.41, 5.74) is 0. The van der Waals surface area contributed by atoms with Crippen molar-refractivity contribution in [3.05, 3.63) is 65.7 Å². The third kappa shape index (κ3) is 19.5. The van der Waals surface area contributed by atoms with Crippen molar-refractivity contribution >= 4 is 37.7 Å². The quantitative estimate of drug-likeness (QED) is 0.318. The second kappa shape index (κ2) is 11.1. The Morgan fingerprint density at radius 3 is 1.16 bits per heavy atom. The fraction of sp³-hybridized carbons (Fsp3) is 0. The molecule has 0 atom stereocenters. The molecule has 0 heterocycles. The van der Waals surface area contributed by atoms with Crippen LogP contribution in [-0.2, 0) is 0 Å². The summed E-state index contributed by atoms with van der Waals surface area (Å²) < 4.78 is 80.6. The van der Waals surface area contributed by atoms with Crippen molar-refractivity contribution < 1.29 is 57.2 Å². The van der Waals surface area contributed by atoms with Crippen LogP contribution in [0.15, 0.2) is 48.5 Å². The van der Waals surface area contributed by atoms with E-state index in [0.29, 0.717) is 0 Å². The van der Waals surface area contributed by atoms with Crippen molar-refractivity contribution in [3.63, 3.8) is 0 Å². The van der Waals surface area contributed by atoms with Crippen LogP contribution in [0.3, 0.4) is 0 Å². The highest BCUT2D eigenvalue weighted by atomic mass is 127. The maximum Gasteiger partial charge on any atom is 1.00 e. The van der Waals surface area contributed by atoms with Crippen LogP contribution in [0.2, 0.25) is 10.0 Å². The van der Waals surface area contributed by atoms with Gasteiger partial charge in [-0.05, 0) is 24.3 Å². The van der Waals surface area contributed by atoms with Crippen molar-refractivity contribution in [2.24, 2.45) is 0 Å². The summed E-state index contributed by atoms with van der Waals surface area (Å²) in [5.74, 6) is 0. The van der Waals surface area contributed by atoms with Crippen LogP contribution in [0.25, 0.3) is 0 Å². The molecule has 0 aliphatic carbocycles. The fourth-order valence-corrected chi connectivity index (χ4v) is 4.39. The van der Waals surface area contributed by atoms with Gasteiger partial charge in [-0.25, -0.2) is 0 Å². The van der Waals surface area contributed by atoms with Crippen molar-refractivity contribution in [2.45, 2.75) is 0 Å². The lowest BCUT2D eigenvalue weighted by molar-refractivity contribution is -0.597. The summed E-state index contributed by atoms with van der Waals surface area (Å²) >= 11 is 11.7. The number of rotatable bonds is 2. The zero-order chi connectivity index (χ0) is 19.7. The highest BCUT2D eigenvalue weighted by Gasteiger charge is 2.21. The van der Waals surface area contributed by atoms with Crippen LogP contribution >= 0.6 is 23.2 Å². The summed E-state index contributed by atoms with van der Waals surface area (Å²) in [4.78, 5) is 0. The Labute approximate surface area is 160 Å². The van der Waals surface area contributed by atoms with Gasteiger partial charge in [-0.3, -0.25) is 0 Å². The third-order valence-electron chi connectivity index (χ3n) is 1.79. The lowest BCUT2D eigenvalue weighted by atomic mass is 10.3. The van der Waals surface area contributed by atoms with Crippen LogP contribution in [0.4, 0.5) is 34.5 Å². The average molecular weight is 525 g/mol. The van der Waals surface area contributed by atoms with E-state index in [0.717, 1.165) is 10.0 Å². The topological polar surface area (TPSA) is 0 Å². The van der Waals surface area contributed by atoms with Gasteiger partial charge in [-0.2, -0.15) is 0 Å². The van der Waals surface area contributed by atoms with Gasteiger partial charge >= 0.3 is 37.1 Å². The standard InChI is InChI=1S/C12H8Cl2I.2BF4/c13-9-3-1-5-11(7-9)15-12-6-2-4-10(14)8-12;2*2-1(3,4)5/h1-8H;;/q+1;2*-1/p+1. The fourth-order valence-electron chi connectivity index (χ4n) is 1.16. The van der Waals surface area contributed by atoms with E-state index in [1.54, 1.807) is 0 Å². The van der Waals surface area contributed by atoms with Crippen LogP contribution < -0.4 is 21.2 Å². The Bertz CT molecular complexity index is 590. The van der Waals surface area contributed by atoms with E-state index < -0.39 is 14.5 Å². The molecule has 0 fully saturated rings. The molecule has 0 N–H and O–H groups in total. The number of halogens is 11. The minimum absolute atomic E-state index is 0. The van der Waals surface area contributed by atoms with Crippen molar-refractivity contribution in [1.29, 1.82) is 0 Å². The monoisotopic (exact) mass is 524 g/mol.